The minimum Gasteiger partial charge on any atom is -0.425 e. The molecule has 3 heterocycles. The molecule has 5 rings (SSSR count). The molecule has 2 aromatic heterocycles. The number of anilines is 1. The third-order valence-electron chi connectivity index (χ3n) is 6.03. The number of rotatable bonds is 9. The summed E-state index contributed by atoms with van der Waals surface area (Å²) >= 11 is 0. The van der Waals surface area contributed by atoms with Gasteiger partial charge in [0.2, 0.25) is 0 Å². The van der Waals surface area contributed by atoms with Crippen molar-refractivity contribution in [3.63, 3.8) is 0 Å². The minimum absolute atomic E-state index is 0.198. The van der Waals surface area contributed by atoms with Gasteiger partial charge in [-0.15, -0.1) is 0 Å². The molecule has 4 aromatic rings. The Kier molecular flexibility index (Phi) is 7.02. The summed E-state index contributed by atoms with van der Waals surface area (Å²) in [6.45, 7) is 0.282. The number of aliphatic hydroxyl groups excluding tert-OH is 3. The minimum atomic E-state index is -1.22. The van der Waals surface area contributed by atoms with E-state index in [0.717, 1.165) is 10.9 Å². The van der Waals surface area contributed by atoms with Gasteiger partial charge in [0.05, 0.1) is 12.9 Å². The van der Waals surface area contributed by atoms with Gasteiger partial charge in [0.1, 0.15) is 24.6 Å². The molecule has 10 nitrogen and oxygen atoms in total. The number of nitrogens with zero attached hydrogens (tertiary/aromatic N) is 4. The van der Waals surface area contributed by atoms with Gasteiger partial charge >= 0.3 is 6.92 Å². The van der Waals surface area contributed by atoms with Gasteiger partial charge in [-0.1, -0.05) is 60.7 Å². The second kappa shape index (κ2) is 10.5. The Hall–Kier alpha value is -3.35. The van der Waals surface area contributed by atoms with Crippen molar-refractivity contribution in [2.75, 3.05) is 25.1 Å². The van der Waals surface area contributed by atoms with Crippen molar-refractivity contribution in [3.8, 4) is 0 Å². The number of imidazole rings is 1. The van der Waals surface area contributed by atoms with Gasteiger partial charge in [-0.05, 0) is 10.9 Å². The fourth-order valence-electron chi connectivity index (χ4n) is 4.26. The highest BCUT2D eigenvalue weighted by atomic mass is 16.6. The largest absolute Gasteiger partial charge is 0.425 e. The van der Waals surface area contributed by atoms with Crippen molar-refractivity contribution >= 4 is 34.8 Å². The molecule has 180 valence electrons. The normalized spacial score (nSPS) is 21.9. The Morgan fingerprint density at radius 1 is 0.943 bits per heavy atom. The first-order valence-electron chi connectivity index (χ1n) is 11.4. The van der Waals surface area contributed by atoms with Crippen LogP contribution < -0.4 is 16.2 Å². The lowest BCUT2D eigenvalue weighted by Gasteiger charge is -2.17. The number of hydrogen-bond acceptors (Lipinski definition) is 9. The van der Waals surface area contributed by atoms with Crippen molar-refractivity contribution in [3.05, 3.63) is 73.3 Å². The summed E-state index contributed by atoms with van der Waals surface area (Å²) in [4.78, 5) is 13.0. The van der Waals surface area contributed by atoms with E-state index in [2.05, 4.69) is 20.3 Å². The summed E-state index contributed by atoms with van der Waals surface area (Å²) in [5, 5.41) is 33.0. The molecule has 2 aromatic carbocycles. The Bertz CT molecular complexity index is 1210. The standard InChI is InChI=1S/C24H26BN5O5/c31-13-18-20(32)21(33)24(35-18)30-15-29-19-22(27-14-28-23(19)30)26-11-12-34-25(16-7-3-1-4-8-16)17-9-5-2-6-10-17/h1-10,14-15,18,20-21,24,31-33H,11-13H2,(H,26,27,28). The lowest BCUT2D eigenvalue weighted by Crippen LogP contribution is -2.45. The van der Waals surface area contributed by atoms with Crippen LogP contribution in [0, 0.1) is 0 Å². The van der Waals surface area contributed by atoms with Gasteiger partial charge in [-0.3, -0.25) is 4.57 Å². The summed E-state index contributed by atoms with van der Waals surface area (Å²) in [5.74, 6) is 0.514. The number of ether oxygens (including phenoxy) is 1. The fraction of sp³-hybridized carbons (Fsp3) is 0.292. The molecule has 0 spiro atoms. The number of aromatic nitrogens is 4. The molecule has 0 amide bonds. The lowest BCUT2D eigenvalue weighted by molar-refractivity contribution is -0.0511. The van der Waals surface area contributed by atoms with E-state index in [4.69, 9.17) is 9.39 Å². The van der Waals surface area contributed by atoms with Gasteiger partial charge in [0.15, 0.2) is 23.2 Å². The van der Waals surface area contributed by atoms with Crippen LogP contribution in [0.4, 0.5) is 5.82 Å². The van der Waals surface area contributed by atoms with Gasteiger partial charge in [0, 0.05) is 13.2 Å². The van der Waals surface area contributed by atoms with Crippen LogP contribution in [0.2, 0.25) is 0 Å². The second-order valence-corrected chi connectivity index (χ2v) is 8.27. The zero-order valence-corrected chi connectivity index (χ0v) is 18.9. The number of hydrogen-bond donors (Lipinski definition) is 4. The summed E-state index contributed by atoms with van der Waals surface area (Å²) in [6.07, 6.45) is -1.37. The van der Waals surface area contributed by atoms with E-state index in [1.165, 1.54) is 17.2 Å². The summed E-state index contributed by atoms with van der Waals surface area (Å²) in [7, 11) is 0. The molecule has 0 aliphatic carbocycles. The molecular formula is C24H26BN5O5. The smallest absolute Gasteiger partial charge is 0.361 e. The Morgan fingerprint density at radius 3 is 2.26 bits per heavy atom. The molecule has 1 aliphatic rings. The molecule has 1 fully saturated rings. The second-order valence-electron chi connectivity index (χ2n) is 8.27. The number of benzene rings is 2. The molecule has 1 aliphatic heterocycles. The van der Waals surface area contributed by atoms with E-state index >= 15 is 0 Å². The summed E-state index contributed by atoms with van der Waals surface area (Å²) < 4.78 is 13.4. The average Bonchev–Trinajstić information content (AvgIpc) is 3.46. The van der Waals surface area contributed by atoms with Gasteiger partial charge in [0.25, 0.3) is 0 Å². The van der Waals surface area contributed by atoms with E-state index in [-0.39, 0.29) is 6.92 Å². The fourth-order valence-corrected chi connectivity index (χ4v) is 4.26. The Balaban J connectivity index is 1.28. The summed E-state index contributed by atoms with van der Waals surface area (Å²) in [6, 6.07) is 20.1. The molecular weight excluding hydrogens is 449 g/mol. The number of nitrogens with one attached hydrogen (secondary N) is 1. The van der Waals surface area contributed by atoms with Gasteiger partial charge in [-0.25, -0.2) is 15.0 Å². The number of aliphatic hydroxyl groups is 3. The van der Waals surface area contributed by atoms with E-state index < -0.39 is 31.1 Å². The van der Waals surface area contributed by atoms with Crippen molar-refractivity contribution in [2.24, 2.45) is 0 Å². The SMILES string of the molecule is OCC1OC(n2cnc3c(NCCOB(c4ccccc4)c4ccccc4)ncnc32)C(O)C1O. The van der Waals surface area contributed by atoms with Crippen LogP contribution in [0.15, 0.2) is 73.3 Å². The maximum absolute atomic E-state index is 10.4. The van der Waals surface area contributed by atoms with Crippen LogP contribution in [0.3, 0.4) is 0 Å². The third-order valence-corrected chi connectivity index (χ3v) is 6.03. The highest BCUT2D eigenvalue weighted by Crippen LogP contribution is 2.32. The first-order valence-corrected chi connectivity index (χ1v) is 11.4. The van der Waals surface area contributed by atoms with Crippen LogP contribution in [0.5, 0.6) is 0 Å². The first kappa shape index (κ1) is 23.4. The van der Waals surface area contributed by atoms with Crippen LogP contribution in [0.1, 0.15) is 6.23 Å². The Labute approximate surface area is 202 Å². The summed E-state index contributed by atoms with van der Waals surface area (Å²) in [5.41, 5.74) is 3.07. The zero-order valence-electron chi connectivity index (χ0n) is 18.9. The average molecular weight is 475 g/mol. The highest BCUT2D eigenvalue weighted by Gasteiger charge is 2.44. The van der Waals surface area contributed by atoms with E-state index in [0.29, 0.717) is 30.1 Å². The van der Waals surface area contributed by atoms with Gasteiger partial charge < -0.3 is 30.0 Å². The predicted molar refractivity (Wildman–Crippen MR) is 131 cm³/mol. The van der Waals surface area contributed by atoms with Crippen molar-refractivity contribution in [2.45, 2.75) is 24.5 Å². The highest BCUT2D eigenvalue weighted by molar-refractivity contribution is 6.80. The molecule has 0 saturated carbocycles. The van der Waals surface area contributed by atoms with Crippen LogP contribution in [0.25, 0.3) is 11.2 Å². The predicted octanol–water partition coefficient (Wildman–Crippen LogP) is -0.328. The van der Waals surface area contributed by atoms with Crippen LogP contribution >= 0.6 is 0 Å². The molecule has 4 atom stereocenters. The lowest BCUT2D eigenvalue weighted by atomic mass is 9.55. The Morgan fingerprint density at radius 2 is 1.63 bits per heavy atom. The monoisotopic (exact) mass is 475 g/mol. The number of fused-ring (bicyclic) bond motifs is 1. The van der Waals surface area contributed by atoms with E-state index in [1.807, 2.05) is 60.7 Å². The van der Waals surface area contributed by atoms with Crippen molar-refractivity contribution in [1.29, 1.82) is 0 Å². The van der Waals surface area contributed by atoms with Crippen molar-refractivity contribution in [1.82, 2.24) is 19.5 Å². The van der Waals surface area contributed by atoms with E-state index in [9.17, 15) is 15.3 Å². The van der Waals surface area contributed by atoms with Crippen molar-refractivity contribution < 1.29 is 24.7 Å². The molecule has 1 saturated heterocycles. The zero-order chi connectivity index (χ0) is 24.2. The molecule has 0 bridgehead atoms. The topological polar surface area (TPSA) is 135 Å². The molecule has 35 heavy (non-hydrogen) atoms. The first-order chi connectivity index (χ1) is 17.2. The maximum atomic E-state index is 10.4. The maximum Gasteiger partial charge on any atom is 0.361 e. The van der Waals surface area contributed by atoms with Gasteiger partial charge in [-0.2, -0.15) is 0 Å². The third kappa shape index (κ3) is 4.77. The quantitative estimate of drug-likeness (QED) is 0.190. The molecule has 11 heteroatoms. The van der Waals surface area contributed by atoms with Crippen LogP contribution in [-0.2, 0) is 9.39 Å². The molecule has 4 unspecified atom stereocenters. The van der Waals surface area contributed by atoms with E-state index in [1.54, 1.807) is 0 Å². The van der Waals surface area contributed by atoms with Crippen LogP contribution in [-0.4, -0.2) is 79.8 Å². The molecule has 4 N–H and O–H groups in total. The molecule has 0 radical (unpaired) electrons.